The van der Waals surface area contributed by atoms with Gasteiger partial charge in [0.25, 0.3) is 5.91 Å². The first-order valence-corrected chi connectivity index (χ1v) is 7.38. The molecule has 0 bridgehead atoms. The Labute approximate surface area is 140 Å². The fraction of sp³-hybridized carbons (Fsp3) is 0.0625. The Morgan fingerprint density at radius 2 is 2.00 bits per heavy atom. The molecule has 0 aliphatic carbocycles. The fourth-order valence-electron chi connectivity index (χ4n) is 1.72. The minimum absolute atomic E-state index is 0.107. The van der Waals surface area contributed by atoms with E-state index in [4.69, 9.17) is 9.84 Å². The van der Waals surface area contributed by atoms with Crippen LogP contribution in [-0.2, 0) is 4.79 Å². The first-order valence-electron chi connectivity index (χ1n) is 6.59. The smallest absolute Gasteiger partial charge is 0.336 e. The highest BCUT2D eigenvalue weighted by atomic mass is 79.9. The molecule has 0 saturated carbocycles. The second-order valence-electron chi connectivity index (χ2n) is 4.43. The van der Waals surface area contributed by atoms with Crippen LogP contribution in [0.5, 0.6) is 5.75 Å². The summed E-state index contributed by atoms with van der Waals surface area (Å²) in [5, 5.41) is 12.8. The molecule has 2 rings (SSSR count). The average molecular weight is 377 g/mol. The topological polar surface area (TPSA) is 88.0 Å². The van der Waals surface area contributed by atoms with Gasteiger partial charge in [-0.2, -0.15) is 5.10 Å². The van der Waals surface area contributed by atoms with E-state index in [1.807, 2.05) is 6.07 Å². The van der Waals surface area contributed by atoms with Crippen molar-refractivity contribution in [3.05, 3.63) is 64.1 Å². The highest BCUT2D eigenvalue weighted by Gasteiger charge is 2.07. The van der Waals surface area contributed by atoms with Crippen molar-refractivity contribution >= 4 is 34.0 Å². The van der Waals surface area contributed by atoms with Gasteiger partial charge in [-0.15, -0.1) is 0 Å². The second-order valence-corrected chi connectivity index (χ2v) is 5.35. The number of amides is 1. The molecule has 0 aromatic heterocycles. The number of halogens is 1. The summed E-state index contributed by atoms with van der Waals surface area (Å²) in [7, 11) is 0. The Bertz CT molecular complexity index is 746. The van der Waals surface area contributed by atoms with Crippen LogP contribution in [0.3, 0.4) is 0 Å². The zero-order valence-electron chi connectivity index (χ0n) is 11.9. The summed E-state index contributed by atoms with van der Waals surface area (Å²) in [6.07, 6.45) is 1.28. The van der Waals surface area contributed by atoms with Crippen molar-refractivity contribution in [2.45, 2.75) is 0 Å². The van der Waals surface area contributed by atoms with Crippen molar-refractivity contribution in [2.24, 2.45) is 5.10 Å². The first-order chi connectivity index (χ1) is 11.1. The number of ether oxygens (including phenoxy) is 1. The second kappa shape index (κ2) is 8.09. The third kappa shape index (κ3) is 5.23. The van der Waals surface area contributed by atoms with Gasteiger partial charge in [0.15, 0.2) is 6.61 Å². The molecule has 0 unspecified atom stereocenters. The molecular weight excluding hydrogens is 364 g/mol. The zero-order valence-corrected chi connectivity index (χ0v) is 13.5. The van der Waals surface area contributed by atoms with Crippen molar-refractivity contribution in [3.8, 4) is 5.75 Å². The molecule has 0 aliphatic heterocycles. The minimum Gasteiger partial charge on any atom is -0.484 e. The first kappa shape index (κ1) is 16.7. The van der Waals surface area contributed by atoms with Gasteiger partial charge >= 0.3 is 5.97 Å². The van der Waals surface area contributed by atoms with E-state index >= 15 is 0 Å². The van der Waals surface area contributed by atoms with E-state index in [1.54, 1.807) is 36.4 Å². The predicted molar refractivity (Wildman–Crippen MR) is 88.8 cm³/mol. The van der Waals surface area contributed by atoms with Gasteiger partial charge in [0.05, 0.1) is 11.8 Å². The third-order valence-corrected chi connectivity index (χ3v) is 3.24. The molecule has 118 valence electrons. The van der Waals surface area contributed by atoms with Gasteiger partial charge in [0, 0.05) is 10.0 Å². The maximum absolute atomic E-state index is 11.6. The summed E-state index contributed by atoms with van der Waals surface area (Å²) in [5.41, 5.74) is 2.79. The van der Waals surface area contributed by atoms with Gasteiger partial charge in [0.1, 0.15) is 5.75 Å². The van der Waals surface area contributed by atoms with Gasteiger partial charge in [0.2, 0.25) is 0 Å². The molecule has 0 spiro atoms. The Hall–Kier alpha value is -2.67. The number of benzene rings is 2. The van der Waals surface area contributed by atoms with Crippen LogP contribution < -0.4 is 10.2 Å². The molecule has 0 saturated heterocycles. The van der Waals surface area contributed by atoms with Gasteiger partial charge in [-0.05, 0) is 24.3 Å². The van der Waals surface area contributed by atoms with E-state index in [2.05, 4.69) is 26.5 Å². The average Bonchev–Trinajstić information content (AvgIpc) is 2.53. The summed E-state index contributed by atoms with van der Waals surface area (Å²) in [5.74, 6) is -0.958. The van der Waals surface area contributed by atoms with Gasteiger partial charge in [-0.3, -0.25) is 4.79 Å². The standard InChI is InChI=1S/C16H13BrN2O4/c17-12-5-3-6-13(8-12)23-10-15(20)19-18-9-11-4-1-2-7-14(11)16(21)22/h1-9H,10H2,(H,19,20)(H,21,22)/b18-9-. The Kier molecular flexibility index (Phi) is 5.87. The van der Waals surface area contributed by atoms with Crippen LogP contribution in [0.15, 0.2) is 58.1 Å². The fourth-order valence-corrected chi connectivity index (χ4v) is 2.09. The quantitative estimate of drug-likeness (QED) is 0.599. The molecule has 2 N–H and O–H groups in total. The molecule has 2 aromatic carbocycles. The van der Waals surface area contributed by atoms with Crippen molar-refractivity contribution in [1.29, 1.82) is 0 Å². The van der Waals surface area contributed by atoms with Crippen LogP contribution in [-0.4, -0.2) is 29.8 Å². The number of nitrogens with zero attached hydrogens (tertiary/aromatic N) is 1. The Morgan fingerprint density at radius 1 is 1.22 bits per heavy atom. The summed E-state index contributed by atoms with van der Waals surface area (Å²) < 4.78 is 6.15. The number of hydrogen-bond donors (Lipinski definition) is 2. The molecule has 2 aromatic rings. The lowest BCUT2D eigenvalue weighted by atomic mass is 10.1. The monoisotopic (exact) mass is 376 g/mol. The number of carbonyl (C=O) groups excluding carboxylic acids is 1. The van der Waals surface area contributed by atoms with Crippen LogP contribution in [0.1, 0.15) is 15.9 Å². The van der Waals surface area contributed by atoms with Crippen LogP contribution in [0.25, 0.3) is 0 Å². The highest BCUT2D eigenvalue weighted by molar-refractivity contribution is 9.10. The molecule has 0 aliphatic rings. The number of carbonyl (C=O) groups is 2. The summed E-state index contributed by atoms with van der Waals surface area (Å²) in [6.45, 7) is -0.200. The predicted octanol–water partition coefficient (Wildman–Crippen LogP) is 2.68. The lowest BCUT2D eigenvalue weighted by Crippen LogP contribution is -2.24. The van der Waals surface area contributed by atoms with Crippen molar-refractivity contribution in [1.82, 2.24) is 5.43 Å². The van der Waals surface area contributed by atoms with E-state index in [1.165, 1.54) is 12.3 Å². The molecule has 6 nitrogen and oxygen atoms in total. The maximum Gasteiger partial charge on any atom is 0.336 e. The lowest BCUT2D eigenvalue weighted by molar-refractivity contribution is -0.123. The number of rotatable bonds is 6. The van der Waals surface area contributed by atoms with Gasteiger partial charge in [-0.25, -0.2) is 10.2 Å². The summed E-state index contributed by atoms with van der Waals surface area (Å²) in [4.78, 5) is 22.7. The van der Waals surface area contributed by atoms with Gasteiger partial charge < -0.3 is 9.84 Å². The van der Waals surface area contributed by atoms with Crippen LogP contribution >= 0.6 is 15.9 Å². The lowest BCUT2D eigenvalue weighted by Gasteiger charge is -2.05. The largest absolute Gasteiger partial charge is 0.484 e. The van der Waals surface area contributed by atoms with E-state index in [0.29, 0.717) is 11.3 Å². The van der Waals surface area contributed by atoms with Crippen molar-refractivity contribution in [3.63, 3.8) is 0 Å². The molecule has 0 heterocycles. The number of carboxylic acids is 1. The van der Waals surface area contributed by atoms with Crippen LogP contribution in [0, 0.1) is 0 Å². The Morgan fingerprint density at radius 3 is 2.74 bits per heavy atom. The van der Waals surface area contributed by atoms with Crippen molar-refractivity contribution in [2.75, 3.05) is 6.61 Å². The minimum atomic E-state index is -1.06. The molecule has 0 fully saturated rings. The van der Waals surface area contributed by atoms with Crippen LogP contribution in [0.2, 0.25) is 0 Å². The molecule has 0 atom stereocenters. The molecule has 7 heteroatoms. The molecule has 23 heavy (non-hydrogen) atoms. The van der Waals surface area contributed by atoms with Gasteiger partial charge in [-0.1, -0.05) is 40.2 Å². The number of nitrogens with one attached hydrogen (secondary N) is 1. The van der Waals surface area contributed by atoms with E-state index in [-0.39, 0.29) is 12.2 Å². The van der Waals surface area contributed by atoms with Crippen LogP contribution in [0.4, 0.5) is 0 Å². The maximum atomic E-state index is 11.6. The molecular formula is C16H13BrN2O4. The SMILES string of the molecule is O=C(COc1cccc(Br)c1)N/N=C\c1ccccc1C(=O)O. The molecule has 0 radical (unpaired) electrons. The number of hydrogen-bond acceptors (Lipinski definition) is 4. The number of hydrazone groups is 1. The normalized spacial score (nSPS) is 10.5. The zero-order chi connectivity index (χ0) is 16.7. The third-order valence-electron chi connectivity index (χ3n) is 2.75. The van der Waals surface area contributed by atoms with E-state index in [9.17, 15) is 9.59 Å². The summed E-state index contributed by atoms with van der Waals surface area (Å²) >= 11 is 3.30. The highest BCUT2D eigenvalue weighted by Crippen LogP contribution is 2.17. The van der Waals surface area contributed by atoms with Crippen molar-refractivity contribution < 1.29 is 19.4 Å². The Balaban J connectivity index is 1.88. The molecule has 1 amide bonds. The van der Waals surface area contributed by atoms with E-state index in [0.717, 1.165) is 4.47 Å². The number of carboxylic acid groups (broad SMARTS) is 1. The summed E-state index contributed by atoms with van der Waals surface area (Å²) in [6, 6.07) is 13.5. The van der Waals surface area contributed by atoms with E-state index < -0.39 is 11.9 Å². The number of aromatic carboxylic acids is 1.